The van der Waals surface area contributed by atoms with Crippen LogP contribution in [0.25, 0.3) is 0 Å². The molecule has 3 unspecified atom stereocenters. The van der Waals surface area contributed by atoms with Crippen molar-refractivity contribution in [3.05, 3.63) is 34.9 Å². The highest BCUT2D eigenvalue weighted by Crippen LogP contribution is 2.44. The minimum absolute atomic E-state index is 0.0200. The highest BCUT2D eigenvalue weighted by Gasteiger charge is 2.52. The number of aliphatic imine (C=N–C) groups is 1. The van der Waals surface area contributed by atoms with E-state index in [0.29, 0.717) is 36.1 Å². The molecule has 2 bridgehead atoms. The van der Waals surface area contributed by atoms with Crippen molar-refractivity contribution in [3.63, 3.8) is 0 Å². The van der Waals surface area contributed by atoms with E-state index in [1.54, 1.807) is 6.07 Å². The van der Waals surface area contributed by atoms with Crippen molar-refractivity contribution in [2.45, 2.75) is 75.6 Å². The van der Waals surface area contributed by atoms with Crippen LogP contribution in [0.4, 0.5) is 0 Å². The summed E-state index contributed by atoms with van der Waals surface area (Å²) >= 11 is 6.47. The molecule has 0 radical (unpaired) electrons. The van der Waals surface area contributed by atoms with E-state index >= 15 is 0 Å². The number of nitrogens with two attached hydrogens (primary N) is 2. The molecule has 2 heterocycles. The number of ketones is 1. The third-order valence-corrected chi connectivity index (χ3v) is 7.54. The van der Waals surface area contributed by atoms with Gasteiger partial charge in [0.05, 0.1) is 12.1 Å². The third-order valence-electron chi connectivity index (χ3n) is 7.21. The largest absolute Gasteiger partial charge is 0.468 e. The maximum atomic E-state index is 13.2. The van der Waals surface area contributed by atoms with E-state index in [2.05, 4.69) is 11.8 Å². The monoisotopic (exact) mass is 460 g/mol. The Morgan fingerprint density at radius 2 is 2.12 bits per heavy atom. The average molecular weight is 461 g/mol. The number of benzene rings is 1. The molecule has 7 nitrogen and oxygen atoms in total. The van der Waals surface area contributed by atoms with Crippen LogP contribution >= 0.6 is 11.6 Å². The van der Waals surface area contributed by atoms with Gasteiger partial charge in [-0.25, -0.2) is 4.99 Å². The van der Waals surface area contributed by atoms with Crippen LogP contribution in [-0.4, -0.2) is 53.8 Å². The summed E-state index contributed by atoms with van der Waals surface area (Å²) in [6, 6.07) is 6.87. The summed E-state index contributed by atoms with van der Waals surface area (Å²) < 4.78 is 5.97. The first-order valence-corrected chi connectivity index (χ1v) is 12.1. The normalized spacial score (nSPS) is 31.2. The topological polar surface area (TPSA) is 111 Å². The first-order chi connectivity index (χ1) is 15.3. The van der Waals surface area contributed by atoms with Crippen molar-refractivity contribution in [1.82, 2.24) is 4.90 Å². The molecule has 0 aromatic heterocycles. The van der Waals surface area contributed by atoms with Crippen molar-refractivity contribution >= 4 is 29.2 Å². The Hall–Kier alpha value is -1.96. The SMILES string of the molecule is CC1CCN(CCCCC(N)C2=N[C@@]3(c4ccccc4Cl)CCC[C@@H](O2)C3=O)C1C(N)=O. The molecule has 1 amide bonds. The van der Waals surface area contributed by atoms with E-state index < -0.39 is 11.6 Å². The lowest BCUT2D eigenvalue weighted by Crippen LogP contribution is -2.54. The first-order valence-electron chi connectivity index (χ1n) is 11.7. The van der Waals surface area contributed by atoms with Crippen LogP contribution < -0.4 is 11.5 Å². The summed E-state index contributed by atoms with van der Waals surface area (Å²) in [5.41, 5.74) is 11.8. The molecule has 1 saturated carbocycles. The molecule has 3 aliphatic rings. The van der Waals surface area contributed by atoms with Crippen molar-refractivity contribution in [3.8, 4) is 0 Å². The molecule has 2 fully saturated rings. The van der Waals surface area contributed by atoms with E-state index in [4.69, 9.17) is 32.8 Å². The molecule has 4 N–H and O–H groups in total. The minimum Gasteiger partial charge on any atom is -0.468 e. The number of likely N-dealkylation sites (tertiary alicyclic amines) is 1. The fourth-order valence-corrected chi connectivity index (χ4v) is 5.77. The second-order valence-electron chi connectivity index (χ2n) is 9.40. The van der Waals surface area contributed by atoms with Crippen LogP contribution in [0.1, 0.15) is 57.4 Å². The average Bonchev–Trinajstić information content (AvgIpc) is 3.12. The predicted octanol–water partition coefficient (Wildman–Crippen LogP) is 2.78. The predicted molar refractivity (Wildman–Crippen MR) is 124 cm³/mol. The lowest BCUT2D eigenvalue weighted by Gasteiger charge is -2.42. The summed E-state index contributed by atoms with van der Waals surface area (Å²) in [4.78, 5) is 31.9. The molecule has 1 aliphatic carbocycles. The van der Waals surface area contributed by atoms with E-state index in [-0.39, 0.29) is 23.8 Å². The van der Waals surface area contributed by atoms with Crippen molar-refractivity contribution in [1.29, 1.82) is 0 Å². The van der Waals surface area contributed by atoms with Gasteiger partial charge < -0.3 is 16.2 Å². The Balaban J connectivity index is 1.42. The number of fused-ring (bicyclic) bond motifs is 2. The number of hydrogen-bond acceptors (Lipinski definition) is 6. The molecule has 32 heavy (non-hydrogen) atoms. The fraction of sp³-hybridized carbons (Fsp3) is 0.625. The highest BCUT2D eigenvalue weighted by atomic mass is 35.5. The van der Waals surface area contributed by atoms with E-state index in [1.165, 1.54) is 0 Å². The number of rotatable bonds is 8. The lowest BCUT2D eigenvalue weighted by atomic mass is 9.73. The number of amides is 1. The fourth-order valence-electron chi connectivity index (χ4n) is 5.48. The van der Waals surface area contributed by atoms with Crippen molar-refractivity contribution in [2.75, 3.05) is 13.1 Å². The molecule has 174 valence electrons. The van der Waals surface area contributed by atoms with E-state index in [0.717, 1.165) is 44.3 Å². The van der Waals surface area contributed by atoms with Gasteiger partial charge in [-0.1, -0.05) is 43.1 Å². The zero-order chi connectivity index (χ0) is 22.9. The summed E-state index contributed by atoms with van der Waals surface area (Å²) in [5, 5.41) is 0.545. The number of hydrogen-bond donors (Lipinski definition) is 2. The van der Waals surface area contributed by atoms with Gasteiger partial charge >= 0.3 is 0 Å². The molecule has 4 rings (SSSR count). The molecule has 1 aromatic rings. The van der Waals surface area contributed by atoms with Crippen molar-refractivity contribution in [2.24, 2.45) is 22.4 Å². The lowest BCUT2D eigenvalue weighted by molar-refractivity contribution is -0.137. The quantitative estimate of drug-likeness (QED) is 0.579. The Morgan fingerprint density at radius 3 is 2.88 bits per heavy atom. The van der Waals surface area contributed by atoms with Crippen molar-refractivity contribution < 1.29 is 14.3 Å². The molecule has 8 heteroatoms. The van der Waals surface area contributed by atoms with Gasteiger partial charge in [0.1, 0.15) is 0 Å². The van der Waals surface area contributed by atoms with Crippen LogP contribution in [0.3, 0.4) is 0 Å². The number of primary amides is 1. The zero-order valence-corrected chi connectivity index (χ0v) is 19.4. The molecular weight excluding hydrogens is 428 g/mol. The number of nitrogens with zero attached hydrogens (tertiary/aromatic N) is 2. The number of ether oxygens (including phenoxy) is 1. The minimum atomic E-state index is -0.993. The summed E-state index contributed by atoms with van der Waals surface area (Å²) in [6.07, 6.45) is 5.11. The van der Waals surface area contributed by atoms with Gasteiger partial charge in [-0.2, -0.15) is 0 Å². The molecule has 5 atom stereocenters. The summed E-state index contributed by atoms with van der Waals surface area (Å²) in [7, 11) is 0. The summed E-state index contributed by atoms with van der Waals surface area (Å²) in [6.45, 7) is 3.81. The second-order valence-corrected chi connectivity index (χ2v) is 9.81. The maximum absolute atomic E-state index is 13.2. The molecular formula is C24H33ClN4O3. The standard InChI is InChI=1S/C24H33ClN4O3/c1-15-11-14-29(20(15)22(27)31)13-5-4-9-18(26)23-28-24(16-7-2-3-8-17(16)25)12-6-10-19(32-23)21(24)30/h2-3,7-8,15,18-20H,4-6,9-14,26H2,1H3,(H2,27,31)/t15?,18?,19-,20?,24-/m1/s1. The number of halogens is 1. The van der Waals surface area contributed by atoms with Crippen LogP contribution in [-0.2, 0) is 19.9 Å². The number of carbonyl (C=O) groups excluding carboxylic acids is 2. The van der Waals surface area contributed by atoms with Gasteiger partial charge in [0.25, 0.3) is 0 Å². The van der Waals surface area contributed by atoms with Crippen LogP contribution in [0.15, 0.2) is 29.3 Å². The van der Waals surface area contributed by atoms with Gasteiger partial charge in [-0.05, 0) is 63.6 Å². The van der Waals surface area contributed by atoms with Gasteiger partial charge in [0.2, 0.25) is 17.6 Å². The number of unbranched alkanes of at least 4 members (excludes halogenated alkanes) is 1. The number of carbonyl (C=O) groups is 2. The first kappa shape index (κ1) is 23.2. The van der Waals surface area contributed by atoms with E-state index in [1.807, 2.05) is 18.2 Å². The van der Waals surface area contributed by atoms with E-state index in [9.17, 15) is 9.59 Å². The van der Waals surface area contributed by atoms with Crippen LogP contribution in [0.2, 0.25) is 5.02 Å². The maximum Gasteiger partial charge on any atom is 0.235 e. The third kappa shape index (κ3) is 4.30. The molecule has 1 aromatic carbocycles. The molecule has 1 saturated heterocycles. The Morgan fingerprint density at radius 1 is 1.34 bits per heavy atom. The van der Waals surface area contributed by atoms with Gasteiger partial charge in [0.15, 0.2) is 11.6 Å². The van der Waals surface area contributed by atoms with Gasteiger partial charge in [0, 0.05) is 10.6 Å². The van der Waals surface area contributed by atoms with Gasteiger partial charge in [-0.15, -0.1) is 0 Å². The smallest absolute Gasteiger partial charge is 0.235 e. The molecule has 0 spiro atoms. The Bertz CT molecular complexity index is 907. The molecule has 2 aliphatic heterocycles. The Labute approximate surface area is 194 Å². The Kier molecular flexibility index (Phi) is 6.89. The van der Waals surface area contributed by atoms with Crippen LogP contribution in [0, 0.1) is 5.92 Å². The second kappa shape index (κ2) is 9.49. The zero-order valence-electron chi connectivity index (χ0n) is 18.6. The number of Topliss-reactive ketones (excluding diaryl/α,β-unsaturated/α-hetero) is 1. The summed E-state index contributed by atoms with van der Waals surface area (Å²) in [5.74, 6) is 0.503. The van der Waals surface area contributed by atoms with Crippen LogP contribution in [0.5, 0.6) is 0 Å². The highest BCUT2D eigenvalue weighted by molar-refractivity contribution is 6.32. The van der Waals surface area contributed by atoms with Gasteiger partial charge in [-0.3, -0.25) is 14.5 Å².